The Morgan fingerprint density at radius 2 is 1.79 bits per heavy atom. The van der Waals surface area contributed by atoms with Crippen LogP contribution in [0.4, 0.5) is 22.0 Å². The largest absolute Gasteiger partial charge is 0.459 e. The molecule has 0 aliphatic heterocycles. The van der Waals surface area contributed by atoms with Crippen LogP contribution in [-0.4, -0.2) is 26.3 Å². The van der Waals surface area contributed by atoms with Crippen molar-refractivity contribution in [3.63, 3.8) is 0 Å². The van der Waals surface area contributed by atoms with Crippen molar-refractivity contribution in [2.45, 2.75) is 12.1 Å². The van der Waals surface area contributed by atoms with Gasteiger partial charge in [-0.1, -0.05) is 23.2 Å². The van der Waals surface area contributed by atoms with Crippen LogP contribution in [-0.2, 0) is 5.92 Å². The topological polar surface area (TPSA) is 83.7 Å². The Bertz CT molecular complexity index is 1070. The monoisotopic (exact) mass is 440 g/mol. The third-order valence-corrected chi connectivity index (χ3v) is 4.15. The zero-order valence-electron chi connectivity index (χ0n) is 13.2. The Morgan fingerprint density at radius 1 is 1.07 bits per heavy atom. The molecule has 0 bridgehead atoms. The predicted molar refractivity (Wildman–Crippen MR) is 88.9 cm³/mol. The molecule has 0 saturated heterocycles. The number of benzene rings is 1. The Hall–Kier alpha value is -2.66. The molecule has 0 aliphatic rings. The molecule has 0 atom stereocenters. The number of nitrogens with one attached hydrogen (secondary N) is 2. The van der Waals surface area contributed by atoms with Crippen LogP contribution in [0.2, 0.25) is 10.0 Å². The van der Waals surface area contributed by atoms with Crippen LogP contribution < -0.4 is 10.3 Å². The molecule has 2 heterocycles. The molecule has 148 valence electrons. The third kappa shape index (κ3) is 3.67. The minimum absolute atomic E-state index is 0.0163. The lowest BCUT2D eigenvalue weighted by Crippen LogP contribution is -2.36. The van der Waals surface area contributed by atoms with E-state index in [-0.39, 0.29) is 21.4 Å². The number of hydrogen-bond acceptors (Lipinski definition) is 4. The van der Waals surface area contributed by atoms with Gasteiger partial charge in [0.2, 0.25) is 5.75 Å². The summed E-state index contributed by atoms with van der Waals surface area (Å²) in [6.45, 7) is 0. The first-order valence-corrected chi connectivity index (χ1v) is 7.97. The van der Waals surface area contributed by atoms with Crippen molar-refractivity contribution in [1.82, 2.24) is 20.2 Å². The minimum Gasteiger partial charge on any atom is -0.449 e. The van der Waals surface area contributed by atoms with E-state index < -0.39 is 34.9 Å². The van der Waals surface area contributed by atoms with Gasteiger partial charge in [-0.25, -0.2) is 4.98 Å². The highest BCUT2D eigenvalue weighted by Crippen LogP contribution is 2.46. The van der Waals surface area contributed by atoms with Gasteiger partial charge >= 0.3 is 12.1 Å². The normalized spacial score (nSPS) is 12.2. The van der Waals surface area contributed by atoms with Crippen LogP contribution in [0.3, 0.4) is 0 Å². The summed E-state index contributed by atoms with van der Waals surface area (Å²) in [4.78, 5) is 17.6. The Morgan fingerprint density at radius 3 is 2.36 bits per heavy atom. The first kappa shape index (κ1) is 20.1. The number of alkyl halides is 5. The van der Waals surface area contributed by atoms with E-state index in [1.165, 1.54) is 6.07 Å². The van der Waals surface area contributed by atoms with E-state index in [2.05, 4.69) is 20.2 Å². The van der Waals surface area contributed by atoms with E-state index in [9.17, 15) is 26.7 Å². The molecule has 0 fully saturated rings. The summed E-state index contributed by atoms with van der Waals surface area (Å²) in [6.07, 6.45) is -3.81. The van der Waals surface area contributed by atoms with E-state index in [4.69, 9.17) is 27.9 Å². The standard InChI is InChI=1S/C15H7Cl2F5N4O2/c16-8-2-1-7(3-9(8)17)28-10-11(14(18,19)15(20,21)22)25-12(26-13(10)27)6-4-23-24-5-6/h1-5H,(H,23,24)(H,25,26,27). The summed E-state index contributed by atoms with van der Waals surface area (Å²) in [7, 11) is 0. The number of hydrogen-bond donors (Lipinski definition) is 2. The van der Waals surface area contributed by atoms with Crippen molar-refractivity contribution in [3.8, 4) is 22.9 Å². The smallest absolute Gasteiger partial charge is 0.449 e. The van der Waals surface area contributed by atoms with Gasteiger partial charge in [0.05, 0.1) is 21.8 Å². The SMILES string of the molecule is O=c1[nH]c(-c2cn[nH]c2)nc(C(F)(F)C(F)(F)F)c1Oc1ccc(Cl)c(Cl)c1. The van der Waals surface area contributed by atoms with Gasteiger partial charge in [-0.2, -0.15) is 27.1 Å². The fourth-order valence-corrected chi connectivity index (χ4v) is 2.37. The third-order valence-electron chi connectivity index (χ3n) is 3.41. The molecule has 0 radical (unpaired) electrons. The molecule has 2 N–H and O–H groups in total. The first-order chi connectivity index (χ1) is 13.0. The van der Waals surface area contributed by atoms with Crippen LogP contribution in [0.15, 0.2) is 35.4 Å². The lowest BCUT2D eigenvalue weighted by atomic mass is 10.2. The molecular weight excluding hydrogens is 434 g/mol. The number of halogens is 7. The minimum atomic E-state index is -6.03. The summed E-state index contributed by atoms with van der Waals surface area (Å²) < 4.78 is 72.0. The quantitative estimate of drug-likeness (QED) is 0.564. The van der Waals surface area contributed by atoms with Crippen molar-refractivity contribution in [2.24, 2.45) is 0 Å². The van der Waals surface area contributed by atoms with Crippen LogP contribution in [0.1, 0.15) is 5.69 Å². The average Bonchev–Trinajstić information content (AvgIpc) is 3.13. The zero-order chi connectivity index (χ0) is 20.7. The number of aromatic nitrogens is 4. The summed E-state index contributed by atoms with van der Waals surface area (Å²) in [5.74, 6) is -7.67. The van der Waals surface area contributed by atoms with Crippen molar-refractivity contribution in [3.05, 3.63) is 56.7 Å². The van der Waals surface area contributed by atoms with Crippen LogP contribution >= 0.6 is 23.2 Å². The molecule has 0 spiro atoms. The van der Waals surface area contributed by atoms with E-state index >= 15 is 0 Å². The summed E-state index contributed by atoms with van der Waals surface area (Å²) >= 11 is 11.5. The molecule has 0 saturated carbocycles. The molecule has 2 aromatic heterocycles. The second-order valence-electron chi connectivity index (χ2n) is 5.33. The van der Waals surface area contributed by atoms with Gasteiger partial charge < -0.3 is 9.72 Å². The van der Waals surface area contributed by atoms with Crippen molar-refractivity contribution < 1.29 is 26.7 Å². The average molecular weight is 441 g/mol. The maximum absolute atomic E-state index is 14.1. The predicted octanol–water partition coefficient (Wildman–Crippen LogP) is 4.91. The van der Waals surface area contributed by atoms with E-state index in [0.717, 1.165) is 24.5 Å². The lowest BCUT2D eigenvalue weighted by Gasteiger charge is -2.21. The fourth-order valence-electron chi connectivity index (χ4n) is 2.08. The maximum Gasteiger partial charge on any atom is 0.459 e. The van der Waals surface area contributed by atoms with Crippen LogP contribution in [0.5, 0.6) is 11.5 Å². The molecule has 28 heavy (non-hydrogen) atoms. The fraction of sp³-hybridized carbons (Fsp3) is 0.133. The molecule has 0 unspecified atom stereocenters. The van der Waals surface area contributed by atoms with Crippen LogP contribution in [0.25, 0.3) is 11.4 Å². The zero-order valence-corrected chi connectivity index (χ0v) is 14.8. The molecule has 13 heteroatoms. The van der Waals surface area contributed by atoms with E-state index in [1.807, 2.05) is 0 Å². The van der Waals surface area contributed by atoms with Crippen molar-refractivity contribution in [2.75, 3.05) is 0 Å². The van der Waals surface area contributed by atoms with Gasteiger partial charge in [0.15, 0.2) is 5.69 Å². The Kier molecular flexibility index (Phi) is 5.06. The van der Waals surface area contributed by atoms with Crippen molar-refractivity contribution >= 4 is 23.2 Å². The van der Waals surface area contributed by atoms with Gasteiger partial charge in [-0.3, -0.25) is 9.89 Å². The van der Waals surface area contributed by atoms with E-state index in [0.29, 0.717) is 0 Å². The maximum atomic E-state index is 14.1. The van der Waals surface area contributed by atoms with Gasteiger partial charge in [-0.15, -0.1) is 0 Å². The Labute approximate surface area is 162 Å². The lowest BCUT2D eigenvalue weighted by molar-refractivity contribution is -0.291. The van der Waals surface area contributed by atoms with Gasteiger partial charge in [0.25, 0.3) is 5.56 Å². The summed E-state index contributed by atoms with van der Waals surface area (Å²) in [5.41, 5.74) is -3.29. The number of nitrogens with zero attached hydrogens (tertiary/aromatic N) is 2. The molecular formula is C15H7Cl2F5N4O2. The number of H-pyrrole nitrogens is 2. The van der Waals surface area contributed by atoms with Crippen LogP contribution in [0, 0.1) is 0 Å². The summed E-state index contributed by atoms with van der Waals surface area (Å²) in [5, 5.41) is 5.86. The summed E-state index contributed by atoms with van der Waals surface area (Å²) in [6, 6.07) is 3.39. The Balaban J connectivity index is 2.20. The number of rotatable bonds is 4. The molecule has 1 aromatic carbocycles. The molecule has 3 aromatic rings. The molecule has 0 aliphatic carbocycles. The highest BCUT2D eigenvalue weighted by Gasteiger charge is 2.62. The van der Waals surface area contributed by atoms with Crippen molar-refractivity contribution in [1.29, 1.82) is 0 Å². The second-order valence-corrected chi connectivity index (χ2v) is 6.14. The molecule has 6 nitrogen and oxygen atoms in total. The first-order valence-electron chi connectivity index (χ1n) is 7.22. The van der Waals surface area contributed by atoms with Gasteiger partial charge in [0, 0.05) is 12.3 Å². The highest BCUT2D eigenvalue weighted by atomic mass is 35.5. The van der Waals surface area contributed by atoms with E-state index in [1.54, 1.807) is 0 Å². The number of aromatic amines is 2. The molecule has 0 amide bonds. The number of ether oxygens (including phenoxy) is 1. The highest BCUT2D eigenvalue weighted by molar-refractivity contribution is 6.42. The molecule has 3 rings (SSSR count). The van der Waals surface area contributed by atoms with Gasteiger partial charge in [0.1, 0.15) is 11.6 Å². The second kappa shape index (κ2) is 7.06. The van der Waals surface area contributed by atoms with Gasteiger partial charge in [-0.05, 0) is 12.1 Å².